The van der Waals surface area contributed by atoms with Gasteiger partial charge in [-0.1, -0.05) is 30.3 Å². The predicted molar refractivity (Wildman–Crippen MR) is 164 cm³/mol. The highest BCUT2D eigenvalue weighted by molar-refractivity contribution is 6.06. The van der Waals surface area contributed by atoms with Gasteiger partial charge in [0.25, 0.3) is 17.7 Å². The number of aliphatic carboxylic acids is 2. The Bertz CT molecular complexity index is 1920. The van der Waals surface area contributed by atoms with E-state index in [1.54, 1.807) is 30.3 Å². The molecule has 0 fully saturated rings. The van der Waals surface area contributed by atoms with Gasteiger partial charge in [-0.3, -0.25) is 19.7 Å². The lowest BCUT2D eigenvalue weighted by molar-refractivity contribution is -0.386. The monoisotopic (exact) mass is 676 g/mol. The fourth-order valence-electron chi connectivity index (χ4n) is 3.80. The summed E-state index contributed by atoms with van der Waals surface area (Å²) in [6, 6.07) is 15.5. The Hall–Kier alpha value is -7.18. The van der Waals surface area contributed by atoms with E-state index in [1.807, 2.05) is 0 Å². The molecule has 19 heteroatoms. The van der Waals surface area contributed by atoms with E-state index in [0.29, 0.717) is 5.56 Å². The topological polar surface area (TPSA) is 269 Å². The van der Waals surface area contributed by atoms with Gasteiger partial charge < -0.3 is 39.8 Å². The molecule has 0 atom stereocenters. The summed E-state index contributed by atoms with van der Waals surface area (Å²) < 4.78 is 20.4. The van der Waals surface area contributed by atoms with Crippen LogP contribution in [-0.4, -0.2) is 80.1 Å². The van der Waals surface area contributed by atoms with Crippen molar-refractivity contribution in [3.8, 4) is 17.6 Å². The molecule has 19 nitrogen and oxygen atoms in total. The van der Waals surface area contributed by atoms with Gasteiger partial charge in [0.2, 0.25) is 11.8 Å². The summed E-state index contributed by atoms with van der Waals surface area (Å²) in [5.74, 6) is -6.89. The zero-order valence-electron chi connectivity index (χ0n) is 25.1. The molecule has 0 aliphatic rings. The minimum Gasteiger partial charge on any atom is -0.479 e. The highest BCUT2D eigenvalue weighted by Crippen LogP contribution is 2.28. The third-order valence-electron chi connectivity index (χ3n) is 6.00. The molecule has 252 valence electrons. The number of carbonyl (C=O) groups is 5. The summed E-state index contributed by atoms with van der Waals surface area (Å²) in [7, 11) is 1.10. The average molecular weight is 677 g/mol. The van der Waals surface area contributed by atoms with Crippen molar-refractivity contribution >= 4 is 46.8 Å². The number of carboxylic acids is 2. The Morgan fingerprint density at radius 3 is 1.69 bits per heavy atom. The molecule has 3 aromatic heterocycles. The number of nitro groups is 1. The number of carbonyl (C=O) groups excluding carboxylic acids is 3. The van der Waals surface area contributed by atoms with E-state index in [1.165, 1.54) is 12.1 Å². The van der Waals surface area contributed by atoms with Crippen molar-refractivity contribution in [2.45, 2.75) is 6.61 Å². The number of carboxylic acid groups (broad SMARTS) is 2. The Labute approximate surface area is 274 Å². The first-order chi connectivity index (χ1) is 23.4. The molecule has 0 saturated heterocycles. The SMILES string of the molecule is COC(=O)c1ccc(NC(=O)c2ccc(NC(=O)c3ccc([N+](=O)[O-])c(OCc4ccccc4)n3)c(OCC(=O)O)n2)c(OCC(=O)O)n1. The minimum absolute atomic E-state index is 0.0843. The average Bonchev–Trinajstić information content (AvgIpc) is 3.09. The van der Waals surface area contributed by atoms with Gasteiger partial charge in [-0.05, 0) is 35.9 Å². The first-order valence-corrected chi connectivity index (χ1v) is 13.7. The molecule has 4 rings (SSSR count). The Morgan fingerprint density at radius 2 is 1.18 bits per heavy atom. The van der Waals surface area contributed by atoms with Crippen molar-refractivity contribution in [2.75, 3.05) is 31.0 Å². The van der Waals surface area contributed by atoms with Crippen LogP contribution in [-0.2, 0) is 20.9 Å². The first kappa shape index (κ1) is 34.7. The zero-order chi connectivity index (χ0) is 35.5. The number of pyridine rings is 3. The van der Waals surface area contributed by atoms with Crippen molar-refractivity contribution < 1.29 is 58.1 Å². The number of amides is 2. The molecular formula is C30H24N6O13. The maximum atomic E-state index is 13.1. The van der Waals surface area contributed by atoms with Crippen LogP contribution in [0, 0.1) is 10.1 Å². The summed E-state index contributed by atoms with van der Waals surface area (Å²) in [6.45, 7) is -1.89. The third-order valence-corrected chi connectivity index (χ3v) is 6.00. The number of esters is 1. The highest BCUT2D eigenvalue weighted by atomic mass is 16.6. The van der Waals surface area contributed by atoms with Crippen molar-refractivity contribution in [3.05, 3.63) is 99.5 Å². The number of nitrogens with one attached hydrogen (secondary N) is 2. The summed E-state index contributed by atoms with van der Waals surface area (Å²) in [5, 5.41) is 34.5. The summed E-state index contributed by atoms with van der Waals surface area (Å²) in [6.07, 6.45) is 0. The molecule has 0 aliphatic carbocycles. The normalized spacial score (nSPS) is 10.3. The third kappa shape index (κ3) is 9.42. The van der Waals surface area contributed by atoms with Gasteiger partial charge in [0.05, 0.1) is 12.0 Å². The fraction of sp³-hybridized carbons (Fsp3) is 0.133. The number of hydrogen-bond donors (Lipinski definition) is 4. The Kier molecular flexibility index (Phi) is 11.2. The second-order valence-corrected chi connectivity index (χ2v) is 9.42. The molecule has 0 spiro atoms. The van der Waals surface area contributed by atoms with Gasteiger partial charge in [0, 0.05) is 6.07 Å². The lowest BCUT2D eigenvalue weighted by Crippen LogP contribution is -2.20. The molecule has 2 amide bonds. The van der Waals surface area contributed by atoms with Crippen molar-refractivity contribution in [3.63, 3.8) is 0 Å². The fourth-order valence-corrected chi connectivity index (χ4v) is 3.80. The lowest BCUT2D eigenvalue weighted by Gasteiger charge is -2.14. The van der Waals surface area contributed by atoms with Gasteiger partial charge in [0.1, 0.15) is 29.4 Å². The van der Waals surface area contributed by atoms with Gasteiger partial charge in [-0.15, -0.1) is 0 Å². The molecule has 3 heterocycles. The van der Waals surface area contributed by atoms with Crippen LogP contribution in [0.1, 0.15) is 37.0 Å². The molecule has 1 aromatic carbocycles. The molecule has 0 bridgehead atoms. The molecule has 4 aromatic rings. The second-order valence-electron chi connectivity index (χ2n) is 9.42. The van der Waals surface area contributed by atoms with Crippen molar-refractivity contribution in [2.24, 2.45) is 0 Å². The van der Waals surface area contributed by atoms with Gasteiger partial charge in [0.15, 0.2) is 18.9 Å². The summed E-state index contributed by atoms with van der Waals surface area (Å²) in [4.78, 5) is 83.0. The van der Waals surface area contributed by atoms with Crippen molar-refractivity contribution in [1.82, 2.24) is 15.0 Å². The zero-order valence-corrected chi connectivity index (χ0v) is 25.1. The van der Waals surface area contributed by atoms with Crippen molar-refractivity contribution in [1.29, 1.82) is 0 Å². The Morgan fingerprint density at radius 1 is 0.694 bits per heavy atom. The minimum atomic E-state index is -1.41. The second kappa shape index (κ2) is 15.9. The van der Waals surface area contributed by atoms with Crippen LogP contribution in [0.5, 0.6) is 17.6 Å². The molecule has 0 aliphatic heterocycles. The van der Waals surface area contributed by atoms with Crippen LogP contribution in [0.2, 0.25) is 0 Å². The van der Waals surface area contributed by atoms with Crippen LogP contribution in [0.3, 0.4) is 0 Å². The maximum absolute atomic E-state index is 13.1. The number of anilines is 2. The van der Waals surface area contributed by atoms with Gasteiger partial charge in [-0.25, -0.2) is 29.3 Å². The van der Waals surface area contributed by atoms with Gasteiger partial charge in [-0.2, -0.15) is 0 Å². The van der Waals surface area contributed by atoms with E-state index in [9.17, 15) is 34.1 Å². The summed E-state index contributed by atoms with van der Waals surface area (Å²) >= 11 is 0. The highest BCUT2D eigenvalue weighted by Gasteiger charge is 2.23. The van der Waals surface area contributed by atoms with Crippen LogP contribution in [0.15, 0.2) is 66.7 Å². The van der Waals surface area contributed by atoms with E-state index < -0.39 is 71.2 Å². The van der Waals surface area contributed by atoms with E-state index in [2.05, 4.69) is 30.3 Å². The first-order valence-electron chi connectivity index (χ1n) is 13.7. The molecule has 4 N–H and O–H groups in total. The number of ether oxygens (including phenoxy) is 4. The molecule has 0 radical (unpaired) electrons. The van der Waals surface area contributed by atoms with Crippen LogP contribution >= 0.6 is 0 Å². The van der Waals surface area contributed by atoms with E-state index >= 15 is 0 Å². The quantitative estimate of drug-likeness (QED) is 0.0800. The number of benzene rings is 1. The number of aromatic nitrogens is 3. The molecule has 0 unspecified atom stereocenters. The predicted octanol–water partition coefficient (Wildman–Crippen LogP) is 2.58. The van der Waals surface area contributed by atoms with Gasteiger partial charge >= 0.3 is 23.6 Å². The van der Waals surface area contributed by atoms with Crippen LogP contribution < -0.4 is 24.8 Å². The number of nitrogens with zero attached hydrogens (tertiary/aromatic N) is 4. The number of hydrogen-bond acceptors (Lipinski definition) is 14. The molecule has 49 heavy (non-hydrogen) atoms. The summed E-state index contributed by atoms with van der Waals surface area (Å²) in [5.41, 5.74) is -1.13. The van der Waals surface area contributed by atoms with E-state index in [0.717, 1.165) is 31.4 Å². The number of methoxy groups -OCH3 is 1. The maximum Gasteiger partial charge on any atom is 0.356 e. The van der Waals surface area contributed by atoms with Crippen LogP contribution in [0.25, 0.3) is 0 Å². The lowest BCUT2D eigenvalue weighted by atomic mass is 10.2. The van der Waals surface area contributed by atoms with E-state index in [4.69, 9.17) is 24.4 Å². The molecule has 0 saturated carbocycles. The Balaban J connectivity index is 1.58. The molecular weight excluding hydrogens is 652 g/mol. The largest absolute Gasteiger partial charge is 0.479 e. The van der Waals surface area contributed by atoms with Crippen LogP contribution in [0.4, 0.5) is 17.1 Å². The standard InChI is InChI=1S/C30H24N6O13/c1-46-30(43)21-10-9-20(28(35-21)49-15-24(39)40)32-25(41)17-7-8-19(27(33-17)48-14-23(37)38)31-26(42)18-11-12-22(36(44)45)29(34-18)47-13-16-5-3-2-4-6-16/h2-12H,13-15H2,1H3,(H,31,42)(H,32,41)(H,37,38)(H,39,40). The smallest absolute Gasteiger partial charge is 0.356 e. The van der Waals surface area contributed by atoms with E-state index in [-0.39, 0.29) is 35.1 Å². The number of rotatable bonds is 15.